The maximum atomic E-state index is 12.2. The minimum atomic E-state index is -1.09. The summed E-state index contributed by atoms with van der Waals surface area (Å²) in [6.45, 7) is 1.39. The number of thioether (sulfide) groups is 1. The summed E-state index contributed by atoms with van der Waals surface area (Å²) >= 11 is 1.27. The number of aliphatic imine (C=N–C) groups is 2. The van der Waals surface area contributed by atoms with Gasteiger partial charge in [-0.1, -0.05) is 11.8 Å². The number of rotatable bonds is 0. The van der Waals surface area contributed by atoms with Crippen LogP contribution in [0.1, 0.15) is 13.3 Å². The van der Waals surface area contributed by atoms with Gasteiger partial charge < -0.3 is 5.32 Å². The molecule has 2 atom stereocenters. The number of amidine groups is 1. The van der Waals surface area contributed by atoms with E-state index in [1.165, 1.54) is 24.9 Å². The van der Waals surface area contributed by atoms with E-state index in [2.05, 4.69) is 21.4 Å². The van der Waals surface area contributed by atoms with Crippen LogP contribution >= 0.6 is 11.8 Å². The average molecular weight is 286 g/mol. The molecule has 20 heavy (non-hydrogen) atoms. The number of nitrogens with one attached hydrogen (secondary N) is 1. The normalized spacial score (nSPS) is 30.5. The Hall–Kier alpha value is -2.20. The lowest BCUT2D eigenvalue weighted by Gasteiger charge is -2.35. The van der Waals surface area contributed by atoms with Crippen molar-refractivity contribution in [3.63, 3.8) is 0 Å². The SMILES string of the molecule is CC(=O)NC1=NC23N=CCC(=O)C2C(C#N)=CC=C3S1. The van der Waals surface area contributed by atoms with Crippen molar-refractivity contribution in [1.82, 2.24) is 5.32 Å². The van der Waals surface area contributed by atoms with Gasteiger partial charge in [-0.15, -0.1) is 0 Å². The molecule has 1 aliphatic carbocycles. The number of hydrogen-bond donors (Lipinski definition) is 1. The van der Waals surface area contributed by atoms with Crippen molar-refractivity contribution in [1.29, 1.82) is 5.26 Å². The number of nitriles is 1. The number of carbonyl (C=O) groups is 2. The first kappa shape index (κ1) is 12.8. The number of carbonyl (C=O) groups excluding carboxylic acids is 2. The number of allylic oxidation sites excluding steroid dienone is 2. The Labute approximate surface area is 119 Å². The van der Waals surface area contributed by atoms with Gasteiger partial charge in [-0.05, 0) is 12.2 Å². The summed E-state index contributed by atoms with van der Waals surface area (Å²) in [5.74, 6) is -0.994. The molecule has 6 nitrogen and oxygen atoms in total. The minimum absolute atomic E-state index is 0.0770. The lowest BCUT2D eigenvalue weighted by molar-refractivity contribution is -0.122. The number of nitrogens with zero attached hydrogens (tertiary/aromatic N) is 3. The molecule has 3 aliphatic rings. The molecule has 0 aromatic heterocycles. The molecule has 0 saturated carbocycles. The molecule has 1 spiro atoms. The van der Waals surface area contributed by atoms with Gasteiger partial charge in [0.25, 0.3) is 0 Å². The van der Waals surface area contributed by atoms with E-state index in [0.29, 0.717) is 10.7 Å². The second-order valence-corrected chi connectivity index (χ2v) is 5.64. The standard InChI is InChI=1S/C13H10N4O2S/c1-7(18)16-12-17-13-10(20-12)3-2-8(6-14)11(13)9(19)4-5-15-13/h2-3,5,11H,4H2,1H3,(H,16,17,18). The number of ketones is 1. The molecule has 0 saturated heterocycles. The van der Waals surface area contributed by atoms with Gasteiger partial charge in [-0.25, -0.2) is 4.99 Å². The minimum Gasteiger partial charge on any atom is -0.305 e. The van der Waals surface area contributed by atoms with Crippen molar-refractivity contribution in [2.45, 2.75) is 19.0 Å². The van der Waals surface area contributed by atoms with Crippen molar-refractivity contribution >= 4 is 34.8 Å². The Balaban J connectivity index is 2.12. The van der Waals surface area contributed by atoms with Crippen LogP contribution in [-0.2, 0) is 9.59 Å². The van der Waals surface area contributed by atoms with E-state index in [1.54, 1.807) is 12.2 Å². The summed E-state index contributed by atoms with van der Waals surface area (Å²) in [7, 11) is 0. The van der Waals surface area contributed by atoms with Crippen LogP contribution in [-0.4, -0.2) is 28.7 Å². The van der Waals surface area contributed by atoms with Gasteiger partial charge >= 0.3 is 0 Å². The van der Waals surface area contributed by atoms with E-state index in [9.17, 15) is 14.9 Å². The van der Waals surface area contributed by atoms with Gasteiger partial charge in [0.1, 0.15) is 5.92 Å². The predicted molar refractivity (Wildman–Crippen MR) is 75.0 cm³/mol. The van der Waals surface area contributed by atoms with Crippen molar-refractivity contribution < 1.29 is 9.59 Å². The van der Waals surface area contributed by atoms with E-state index < -0.39 is 11.6 Å². The molecule has 7 heteroatoms. The Morgan fingerprint density at radius 2 is 2.40 bits per heavy atom. The summed E-state index contributed by atoms with van der Waals surface area (Å²) in [6.07, 6.45) is 5.12. The van der Waals surface area contributed by atoms with Gasteiger partial charge in [-0.3, -0.25) is 14.6 Å². The largest absolute Gasteiger partial charge is 0.305 e. The lowest BCUT2D eigenvalue weighted by Crippen LogP contribution is -2.44. The zero-order valence-electron chi connectivity index (χ0n) is 10.6. The van der Waals surface area contributed by atoms with Crippen LogP contribution in [0.4, 0.5) is 0 Å². The Morgan fingerprint density at radius 3 is 3.10 bits per heavy atom. The second-order valence-electron chi connectivity index (χ2n) is 4.61. The van der Waals surface area contributed by atoms with Crippen LogP contribution < -0.4 is 5.32 Å². The molecule has 0 aromatic carbocycles. The highest BCUT2D eigenvalue weighted by Crippen LogP contribution is 2.50. The smallest absolute Gasteiger partial charge is 0.222 e. The zero-order valence-corrected chi connectivity index (χ0v) is 11.4. The third-order valence-electron chi connectivity index (χ3n) is 3.28. The first-order valence-electron chi connectivity index (χ1n) is 6.01. The zero-order chi connectivity index (χ0) is 14.3. The van der Waals surface area contributed by atoms with E-state index in [0.717, 1.165) is 4.91 Å². The van der Waals surface area contributed by atoms with Crippen LogP contribution in [0.2, 0.25) is 0 Å². The second kappa shape index (κ2) is 4.42. The van der Waals surface area contributed by atoms with Crippen LogP contribution in [0.3, 0.4) is 0 Å². The van der Waals surface area contributed by atoms with Crippen LogP contribution in [0.25, 0.3) is 0 Å². The predicted octanol–water partition coefficient (Wildman–Crippen LogP) is 0.929. The van der Waals surface area contributed by atoms with Gasteiger partial charge in [0.2, 0.25) is 5.91 Å². The molecule has 0 aromatic rings. The molecule has 0 bridgehead atoms. The first-order valence-corrected chi connectivity index (χ1v) is 6.82. The molecule has 2 unspecified atom stereocenters. The maximum absolute atomic E-state index is 12.2. The van der Waals surface area contributed by atoms with E-state index in [1.807, 2.05) is 0 Å². The molecule has 1 N–H and O–H groups in total. The summed E-state index contributed by atoms with van der Waals surface area (Å²) in [6, 6.07) is 2.05. The van der Waals surface area contributed by atoms with Crippen molar-refractivity contribution in [3.8, 4) is 6.07 Å². The monoisotopic (exact) mass is 286 g/mol. The number of amides is 1. The quantitative estimate of drug-likeness (QED) is 0.716. The van der Waals surface area contributed by atoms with Crippen LogP contribution in [0.15, 0.2) is 32.6 Å². The first-order chi connectivity index (χ1) is 9.56. The number of Topliss-reactive ketones (excluding diaryl/α,β-unsaturated/α-hetero) is 1. The molecule has 3 rings (SSSR count). The lowest BCUT2D eigenvalue weighted by atomic mass is 9.77. The highest BCUT2D eigenvalue weighted by molar-refractivity contribution is 8.17. The highest BCUT2D eigenvalue weighted by atomic mass is 32.2. The molecular formula is C13H10N4O2S. The molecule has 1 amide bonds. The topological polar surface area (TPSA) is 94.7 Å². The Bertz CT molecular complexity index is 683. The van der Waals surface area contributed by atoms with Crippen LogP contribution in [0, 0.1) is 17.2 Å². The molecular weight excluding hydrogens is 276 g/mol. The van der Waals surface area contributed by atoms with Crippen molar-refractivity contribution in [2.24, 2.45) is 15.9 Å². The van der Waals surface area contributed by atoms with Crippen molar-refractivity contribution in [3.05, 3.63) is 22.6 Å². The van der Waals surface area contributed by atoms with E-state index >= 15 is 0 Å². The fraction of sp³-hybridized carbons (Fsp3) is 0.308. The number of hydrogen-bond acceptors (Lipinski definition) is 6. The summed E-state index contributed by atoms with van der Waals surface area (Å²) in [4.78, 5) is 32.9. The summed E-state index contributed by atoms with van der Waals surface area (Å²) < 4.78 is 0. The average Bonchev–Trinajstić information content (AvgIpc) is 2.73. The van der Waals surface area contributed by atoms with E-state index in [-0.39, 0.29) is 18.1 Å². The Kier molecular flexibility index (Phi) is 2.83. The Morgan fingerprint density at radius 1 is 1.60 bits per heavy atom. The molecule has 2 aliphatic heterocycles. The maximum Gasteiger partial charge on any atom is 0.222 e. The third-order valence-corrected chi connectivity index (χ3v) is 4.33. The fourth-order valence-electron chi connectivity index (χ4n) is 2.52. The molecule has 0 fully saturated rings. The third kappa shape index (κ3) is 1.72. The van der Waals surface area contributed by atoms with Gasteiger partial charge in [0, 0.05) is 30.0 Å². The van der Waals surface area contributed by atoms with Gasteiger partial charge in [-0.2, -0.15) is 5.26 Å². The van der Waals surface area contributed by atoms with Crippen LogP contribution in [0.5, 0.6) is 0 Å². The molecule has 2 heterocycles. The summed E-state index contributed by atoms with van der Waals surface area (Å²) in [5.41, 5.74) is -0.721. The highest BCUT2D eigenvalue weighted by Gasteiger charge is 2.54. The summed E-state index contributed by atoms with van der Waals surface area (Å²) in [5, 5.41) is 12.2. The van der Waals surface area contributed by atoms with Gasteiger partial charge in [0.05, 0.1) is 6.07 Å². The molecule has 100 valence electrons. The van der Waals surface area contributed by atoms with Crippen molar-refractivity contribution in [2.75, 3.05) is 0 Å². The van der Waals surface area contributed by atoms with E-state index in [4.69, 9.17) is 0 Å². The fourth-order valence-corrected chi connectivity index (χ4v) is 3.61. The molecule has 0 radical (unpaired) electrons. The van der Waals surface area contributed by atoms with Gasteiger partial charge in [0.15, 0.2) is 16.6 Å².